The van der Waals surface area contributed by atoms with E-state index in [2.05, 4.69) is 20.3 Å². The highest BCUT2D eigenvalue weighted by Crippen LogP contribution is 2.28. The Morgan fingerprint density at radius 2 is 1.92 bits per heavy atom. The maximum absolute atomic E-state index is 11.8. The zero-order chi connectivity index (χ0) is 17.6. The zero-order valence-corrected chi connectivity index (χ0v) is 13.8. The molecule has 0 saturated heterocycles. The van der Waals surface area contributed by atoms with E-state index in [4.69, 9.17) is 0 Å². The van der Waals surface area contributed by atoms with E-state index in [0.29, 0.717) is 0 Å². The minimum Gasteiger partial charge on any atom is -0.383 e. The lowest BCUT2D eigenvalue weighted by molar-refractivity contribution is -0.136. The molecule has 0 radical (unpaired) electrons. The van der Waals surface area contributed by atoms with Crippen LogP contribution in [-0.2, 0) is 16.1 Å². The Hall–Kier alpha value is -2.97. The molecule has 0 saturated carbocycles. The second kappa shape index (κ2) is 7.73. The summed E-state index contributed by atoms with van der Waals surface area (Å²) in [4.78, 5) is 25.1. The fourth-order valence-electron chi connectivity index (χ4n) is 2.13. The first-order valence-corrected chi connectivity index (χ1v) is 8.26. The first-order chi connectivity index (χ1) is 12.1. The van der Waals surface area contributed by atoms with Gasteiger partial charge in [-0.2, -0.15) is 0 Å². The molecule has 1 aromatic carbocycles. The number of nitrogens with one attached hydrogen (secondary N) is 2. The van der Waals surface area contributed by atoms with E-state index in [1.165, 1.54) is 23.7 Å². The number of benzene rings is 1. The SMILES string of the molecule is O=C(NCc1ccc([C@@H](O)c2ccccc2)s1)C(=O)Nc1ccon1. The molecule has 0 spiro atoms. The number of thiophene rings is 1. The molecule has 3 N–H and O–H groups in total. The van der Waals surface area contributed by atoms with Crippen molar-refractivity contribution in [3.8, 4) is 0 Å². The van der Waals surface area contributed by atoms with Gasteiger partial charge in [-0.15, -0.1) is 11.3 Å². The van der Waals surface area contributed by atoms with Crippen LogP contribution in [0.1, 0.15) is 21.4 Å². The summed E-state index contributed by atoms with van der Waals surface area (Å²) in [6.07, 6.45) is 0.574. The molecule has 0 unspecified atom stereocenters. The Balaban J connectivity index is 1.55. The van der Waals surface area contributed by atoms with Crippen LogP contribution in [0.25, 0.3) is 0 Å². The van der Waals surface area contributed by atoms with Crippen LogP contribution in [0, 0.1) is 0 Å². The maximum Gasteiger partial charge on any atom is 0.314 e. The number of anilines is 1. The van der Waals surface area contributed by atoms with Gasteiger partial charge >= 0.3 is 11.8 Å². The minimum absolute atomic E-state index is 0.171. The van der Waals surface area contributed by atoms with Crippen LogP contribution in [-0.4, -0.2) is 22.1 Å². The number of hydrogen-bond acceptors (Lipinski definition) is 6. The van der Waals surface area contributed by atoms with E-state index < -0.39 is 17.9 Å². The van der Waals surface area contributed by atoms with Crippen molar-refractivity contribution in [3.63, 3.8) is 0 Å². The van der Waals surface area contributed by atoms with E-state index in [9.17, 15) is 14.7 Å². The van der Waals surface area contributed by atoms with Crippen molar-refractivity contribution < 1.29 is 19.2 Å². The maximum atomic E-state index is 11.8. The third-order valence-corrected chi connectivity index (χ3v) is 4.51. The van der Waals surface area contributed by atoms with Gasteiger partial charge in [0.1, 0.15) is 12.4 Å². The van der Waals surface area contributed by atoms with Gasteiger partial charge in [-0.1, -0.05) is 35.5 Å². The summed E-state index contributed by atoms with van der Waals surface area (Å²) in [5.41, 5.74) is 0.798. The lowest BCUT2D eigenvalue weighted by Gasteiger charge is -2.08. The lowest BCUT2D eigenvalue weighted by Crippen LogP contribution is -2.34. The first-order valence-electron chi connectivity index (χ1n) is 7.44. The topological polar surface area (TPSA) is 104 Å². The minimum atomic E-state index is -0.824. The Morgan fingerprint density at radius 3 is 2.64 bits per heavy atom. The molecule has 0 aliphatic rings. The number of aliphatic hydroxyl groups excluding tert-OH is 1. The Kier molecular flexibility index (Phi) is 5.22. The Morgan fingerprint density at radius 1 is 1.12 bits per heavy atom. The predicted molar refractivity (Wildman–Crippen MR) is 91.8 cm³/mol. The third kappa shape index (κ3) is 4.31. The molecule has 2 heterocycles. The fraction of sp³-hybridized carbons (Fsp3) is 0.118. The smallest absolute Gasteiger partial charge is 0.314 e. The molecule has 3 rings (SSSR count). The van der Waals surface area contributed by atoms with E-state index in [-0.39, 0.29) is 12.4 Å². The molecule has 2 amide bonds. The van der Waals surface area contributed by atoms with Crippen molar-refractivity contribution in [2.75, 3.05) is 5.32 Å². The number of rotatable bonds is 5. The van der Waals surface area contributed by atoms with Crippen LogP contribution in [0.15, 0.2) is 59.3 Å². The second-order valence-electron chi connectivity index (χ2n) is 5.14. The van der Waals surface area contributed by atoms with Gasteiger partial charge in [-0.3, -0.25) is 14.9 Å². The number of aliphatic hydroxyl groups is 1. The van der Waals surface area contributed by atoms with Crippen molar-refractivity contribution in [2.24, 2.45) is 0 Å². The number of nitrogens with zero attached hydrogens (tertiary/aromatic N) is 1. The van der Waals surface area contributed by atoms with Crippen LogP contribution in [0.2, 0.25) is 0 Å². The average Bonchev–Trinajstić information content (AvgIpc) is 3.31. The molecular formula is C17H15N3O4S. The summed E-state index contributed by atoms with van der Waals surface area (Å²) in [7, 11) is 0. The summed E-state index contributed by atoms with van der Waals surface area (Å²) < 4.78 is 4.57. The average molecular weight is 357 g/mol. The van der Waals surface area contributed by atoms with E-state index in [1.807, 2.05) is 36.4 Å². The third-order valence-electron chi connectivity index (χ3n) is 3.38. The predicted octanol–water partition coefficient (Wildman–Crippen LogP) is 2.07. The summed E-state index contributed by atoms with van der Waals surface area (Å²) in [5.74, 6) is -1.43. The highest BCUT2D eigenvalue weighted by molar-refractivity contribution is 7.12. The molecule has 8 heteroatoms. The normalized spacial score (nSPS) is 11.7. The highest BCUT2D eigenvalue weighted by atomic mass is 32.1. The van der Waals surface area contributed by atoms with Crippen LogP contribution in [0.4, 0.5) is 5.82 Å². The highest BCUT2D eigenvalue weighted by Gasteiger charge is 2.16. The molecular weight excluding hydrogens is 342 g/mol. The van der Waals surface area contributed by atoms with Crippen LogP contribution >= 0.6 is 11.3 Å². The van der Waals surface area contributed by atoms with Gasteiger partial charge in [0.05, 0.1) is 6.54 Å². The van der Waals surface area contributed by atoms with Crippen molar-refractivity contribution in [1.29, 1.82) is 0 Å². The number of amides is 2. The van der Waals surface area contributed by atoms with Crippen LogP contribution < -0.4 is 10.6 Å². The van der Waals surface area contributed by atoms with Gasteiger partial charge < -0.3 is 14.9 Å². The van der Waals surface area contributed by atoms with Gasteiger partial charge in [-0.05, 0) is 17.7 Å². The largest absolute Gasteiger partial charge is 0.383 e. The molecule has 0 aliphatic heterocycles. The van der Waals surface area contributed by atoms with Crippen molar-refractivity contribution >= 4 is 29.0 Å². The molecule has 128 valence electrons. The van der Waals surface area contributed by atoms with Gasteiger partial charge in [-0.25, -0.2) is 0 Å². The summed E-state index contributed by atoms with van der Waals surface area (Å²) in [5, 5.41) is 18.7. The fourth-order valence-corrected chi connectivity index (χ4v) is 3.10. The van der Waals surface area contributed by atoms with Crippen LogP contribution in [0.5, 0.6) is 0 Å². The van der Waals surface area contributed by atoms with E-state index in [1.54, 1.807) is 6.07 Å². The summed E-state index contributed by atoms with van der Waals surface area (Å²) >= 11 is 1.37. The number of hydrogen-bond donors (Lipinski definition) is 3. The summed E-state index contributed by atoms with van der Waals surface area (Å²) in [6.45, 7) is 0.192. The van der Waals surface area contributed by atoms with Crippen LogP contribution in [0.3, 0.4) is 0 Å². The molecule has 3 aromatic rings. The molecule has 1 atom stereocenters. The Labute approximate surface area is 147 Å². The standard InChI is InChI=1S/C17H15N3O4S/c21-15(11-4-2-1-3-5-11)13-7-6-12(25-13)10-18-16(22)17(23)19-14-8-9-24-20-14/h1-9,15,21H,10H2,(H,18,22)(H,19,20,23)/t15-/m0/s1. The molecule has 0 bridgehead atoms. The molecule has 25 heavy (non-hydrogen) atoms. The van der Waals surface area contributed by atoms with E-state index >= 15 is 0 Å². The van der Waals surface area contributed by atoms with Gasteiger partial charge in [0, 0.05) is 15.8 Å². The number of carbonyl (C=O) groups excluding carboxylic acids is 2. The molecule has 0 fully saturated rings. The van der Waals surface area contributed by atoms with Gasteiger partial charge in [0.2, 0.25) is 0 Å². The molecule has 2 aromatic heterocycles. The van der Waals surface area contributed by atoms with Gasteiger partial charge in [0.25, 0.3) is 0 Å². The monoisotopic (exact) mass is 357 g/mol. The number of aromatic nitrogens is 1. The Bertz CT molecular complexity index is 846. The first kappa shape index (κ1) is 16.9. The quantitative estimate of drug-likeness (QED) is 0.607. The molecule has 7 nitrogen and oxygen atoms in total. The lowest BCUT2D eigenvalue weighted by atomic mass is 10.1. The zero-order valence-electron chi connectivity index (χ0n) is 13.0. The van der Waals surface area contributed by atoms with Crippen molar-refractivity contribution in [3.05, 3.63) is 70.1 Å². The van der Waals surface area contributed by atoms with E-state index in [0.717, 1.165) is 15.3 Å². The summed E-state index contributed by atoms with van der Waals surface area (Å²) in [6, 6.07) is 14.3. The van der Waals surface area contributed by atoms with Crippen molar-refractivity contribution in [1.82, 2.24) is 10.5 Å². The van der Waals surface area contributed by atoms with Crippen molar-refractivity contribution in [2.45, 2.75) is 12.6 Å². The second-order valence-corrected chi connectivity index (χ2v) is 6.34. The van der Waals surface area contributed by atoms with Gasteiger partial charge in [0.15, 0.2) is 5.82 Å². The molecule has 0 aliphatic carbocycles. The number of carbonyl (C=O) groups is 2.